The van der Waals surface area contributed by atoms with Crippen molar-refractivity contribution in [1.82, 2.24) is 5.32 Å². The molecule has 6 nitrogen and oxygen atoms in total. The lowest BCUT2D eigenvalue weighted by Gasteiger charge is -2.55. The number of thiocarbonyl (C=S) groups is 1. The van der Waals surface area contributed by atoms with E-state index in [0.717, 1.165) is 5.56 Å². The van der Waals surface area contributed by atoms with E-state index in [9.17, 15) is 4.79 Å². The second-order valence-electron chi connectivity index (χ2n) is 7.01. The topological polar surface area (TPSA) is 60.0 Å². The Labute approximate surface area is 179 Å². The SMILES string of the molecule is CCOC(=O)C1C2NC(=S)N(c3cccc(Cl)c3)C1(C)Oc1c(OC)cccc12. The molecule has 3 unspecified atom stereocenters. The minimum Gasteiger partial charge on any atom is -0.493 e. The number of ether oxygens (including phenoxy) is 3. The Hall–Kier alpha value is -2.51. The second-order valence-corrected chi connectivity index (χ2v) is 7.83. The molecule has 152 valence electrons. The van der Waals surface area contributed by atoms with Gasteiger partial charge >= 0.3 is 5.97 Å². The predicted octanol–water partition coefficient (Wildman–Crippen LogP) is 4.07. The summed E-state index contributed by atoms with van der Waals surface area (Å²) in [7, 11) is 1.58. The van der Waals surface area contributed by atoms with Crippen molar-refractivity contribution in [3.8, 4) is 11.5 Å². The molecular weight excluding hydrogens is 412 g/mol. The minimum atomic E-state index is -1.15. The number of rotatable bonds is 4. The van der Waals surface area contributed by atoms with Crippen LogP contribution >= 0.6 is 23.8 Å². The minimum absolute atomic E-state index is 0.269. The van der Waals surface area contributed by atoms with E-state index in [1.165, 1.54) is 0 Å². The van der Waals surface area contributed by atoms with Crippen molar-refractivity contribution < 1.29 is 19.0 Å². The fourth-order valence-electron chi connectivity index (χ4n) is 4.13. The third-order valence-corrected chi connectivity index (χ3v) is 5.85. The molecule has 3 atom stereocenters. The Balaban J connectivity index is 1.92. The van der Waals surface area contributed by atoms with Crippen molar-refractivity contribution in [2.75, 3.05) is 18.6 Å². The lowest BCUT2D eigenvalue weighted by atomic mass is 9.79. The lowest BCUT2D eigenvalue weighted by molar-refractivity contribution is -0.159. The van der Waals surface area contributed by atoms with Gasteiger partial charge in [0.05, 0.1) is 19.8 Å². The highest BCUT2D eigenvalue weighted by atomic mass is 35.5. The summed E-state index contributed by atoms with van der Waals surface area (Å²) in [4.78, 5) is 14.8. The molecule has 0 aromatic heterocycles. The monoisotopic (exact) mass is 432 g/mol. The molecule has 0 radical (unpaired) electrons. The van der Waals surface area contributed by atoms with Gasteiger partial charge in [-0.2, -0.15) is 0 Å². The molecule has 1 saturated heterocycles. The number of hydrogen-bond donors (Lipinski definition) is 1. The molecule has 2 bridgehead atoms. The van der Waals surface area contributed by atoms with Crippen LogP contribution in [0.1, 0.15) is 25.5 Å². The van der Waals surface area contributed by atoms with Gasteiger partial charge in [0.2, 0.25) is 5.72 Å². The Kier molecular flexibility index (Phi) is 5.04. The largest absolute Gasteiger partial charge is 0.493 e. The number of methoxy groups -OCH3 is 1. The van der Waals surface area contributed by atoms with Crippen molar-refractivity contribution in [2.45, 2.75) is 25.6 Å². The summed E-state index contributed by atoms with van der Waals surface area (Å²) < 4.78 is 17.4. The predicted molar refractivity (Wildman–Crippen MR) is 115 cm³/mol. The summed E-state index contributed by atoms with van der Waals surface area (Å²) in [6.45, 7) is 3.89. The molecule has 0 aliphatic carbocycles. The molecule has 2 aromatic rings. The maximum Gasteiger partial charge on any atom is 0.317 e. The Morgan fingerprint density at radius 2 is 2.10 bits per heavy atom. The van der Waals surface area contributed by atoms with Crippen molar-refractivity contribution in [3.63, 3.8) is 0 Å². The highest BCUT2D eigenvalue weighted by molar-refractivity contribution is 7.80. The van der Waals surface area contributed by atoms with E-state index in [1.807, 2.05) is 37.3 Å². The number of nitrogens with one attached hydrogen (secondary N) is 1. The molecule has 1 N–H and O–H groups in total. The number of carbonyl (C=O) groups is 1. The number of nitrogens with zero attached hydrogens (tertiary/aromatic N) is 1. The number of anilines is 1. The average Bonchev–Trinajstić information content (AvgIpc) is 2.67. The van der Waals surface area contributed by atoms with Crippen molar-refractivity contribution >= 4 is 40.6 Å². The summed E-state index contributed by atoms with van der Waals surface area (Å²) in [6.07, 6.45) is 0. The number of esters is 1. The first-order valence-electron chi connectivity index (χ1n) is 9.29. The van der Waals surface area contributed by atoms with Crippen LogP contribution in [0.5, 0.6) is 11.5 Å². The van der Waals surface area contributed by atoms with E-state index in [-0.39, 0.29) is 12.6 Å². The molecule has 2 aliphatic rings. The molecule has 8 heteroatoms. The first kappa shape index (κ1) is 19.8. The Morgan fingerprint density at radius 1 is 1.34 bits per heavy atom. The van der Waals surface area contributed by atoms with Crippen LogP contribution in [-0.4, -0.2) is 30.5 Å². The van der Waals surface area contributed by atoms with Gasteiger partial charge < -0.3 is 19.5 Å². The molecule has 2 aliphatic heterocycles. The van der Waals surface area contributed by atoms with Crippen LogP contribution in [0, 0.1) is 5.92 Å². The summed E-state index contributed by atoms with van der Waals surface area (Å²) in [5.74, 6) is 0.120. The number of benzene rings is 2. The van der Waals surface area contributed by atoms with Gasteiger partial charge in [-0.3, -0.25) is 9.69 Å². The fraction of sp³-hybridized carbons (Fsp3) is 0.333. The maximum absolute atomic E-state index is 13.1. The van der Waals surface area contributed by atoms with Crippen LogP contribution in [0.25, 0.3) is 0 Å². The van der Waals surface area contributed by atoms with Crippen molar-refractivity contribution in [1.29, 1.82) is 0 Å². The number of carbonyl (C=O) groups excluding carboxylic acids is 1. The zero-order chi connectivity index (χ0) is 20.8. The molecule has 1 fully saturated rings. The van der Waals surface area contributed by atoms with Crippen LogP contribution < -0.4 is 19.7 Å². The van der Waals surface area contributed by atoms with Crippen LogP contribution in [0.4, 0.5) is 5.69 Å². The van der Waals surface area contributed by atoms with E-state index in [4.69, 9.17) is 38.0 Å². The molecule has 0 saturated carbocycles. The molecule has 0 spiro atoms. The average molecular weight is 433 g/mol. The van der Waals surface area contributed by atoms with Crippen LogP contribution in [0.3, 0.4) is 0 Å². The highest BCUT2D eigenvalue weighted by Crippen LogP contribution is 2.52. The van der Waals surface area contributed by atoms with Gasteiger partial charge in [0.25, 0.3) is 0 Å². The van der Waals surface area contributed by atoms with Crippen molar-refractivity contribution in [2.24, 2.45) is 5.92 Å². The zero-order valence-corrected chi connectivity index (χ0v) is 17.8. The van der Waals surface area contributed by atoms with Gasteiger partial charge in [0.15, 0.2) is 16.6 Å². The van der Waals surface area contributed by atoms with Crippen LogP contribution in [-0.2, 0) is 9.53 Å². The van der Waals surface area contributed by atoms with E-state index in [0.29, 0.717) is 27.3 Å². The normalized spacial score (nSPS) is 24.8. The van der Waals surface area contributed by atoms with E-state index < -0.39 is 17.7 Å². The third-order valence-electron chi connectivity index (χ3n) is 5.32. The standard InChI is InChI=1S/C21H21ClN2O4S/c1-4-27-19(25)16-17-14-9-6-10-15(26-3)18(14)28-21(16,2)24(20(29)23-17)13-8-5-7-12(22)11-13/h5-11,16-17H,4H2,1-3H3,(H,23,29). The molecule has 2 aromatic carbocycles. The summed E-state index contributed by atoms with van der Waals surface area (Å²) in [6, 6.07) is 12.4. The molecule has 0 amide bonds. The Morgan fingerprint density at radius 3 is 2.79 bits per heavy atom. The van der Waals surface area contributed by atoms with Crippen molar-refractivity contribution in [3.05, 3.63) is 53.1 Å². The highest BCUT2D eigenvalue weighted by Gasteiger charge is 2.60. The van der Waals surface area contributed by atoms with Gasteiger partial charge in [0, 0.05) is 16.3 Å². The second kappa shape index (κ2) is 7.39. The van der Waals surface area contributed by atoms with Gasteiger partial charge in [-0.1, -0.05) is 29.8 Å². The van der Waals surface area contributed by atoms with Crippen LogP contribution in [0.15, 0.2) is 42.5 Å². The molecule has 4 rings (SSSR count). The summed E-state index contributed by atoms with van der Waals surface area (Å²) in [5, 5.41) is 4.31. The van der Waals surface area contributed by atoms with Gasteiger partial charge in [-0.05, 0) is 50.3 Å². The number of halogens is 1. The van der Waals surface area contributed by atoms with E-state index in [2.05, 4.69) is 5.32 Å². The first-order chi connectivity index (χ1) is 13.9. The number of hydrogen-bond acceptors (Lipinski definition) is 5. The quantitative estimate of drug-likeness (QED) is 0.577. The van der Waals surface area contributed by atoms with Crippen LogP contribution in [0.2, 0.25) is 5.02 Å². The zero-order valence-electron chi connectivity index (χ0n) is 16.3. The number of fused-ring (bicyclic) bond motifs is 4. The number of para-hydroxylation sites is 1. The summed E-state index contributed by atoms with van der Waals surface area (Å²) in [5.41, 5.74) is 0.363. The Bertz CT molecular complexity index is 985. The fourth-order valence-corrected chi connectivity index (χ4v) is 4.73. The molecule has 29 heavy (non-hydrogen) atoms. The third kappa shape index (κ3) is 3.09. The van der Waals surface area contributed by atoms with E-state index in [1.54, 1.807) is 31.1 Å². The maximum atomic E-state index is 13.1. The summed E-state index contributed by atoms with van der Waals surface area (Å²) >= 11 is 11.9. The lowest BCUT2D eigenvalue weighted by Crippen LogP contribution is -2.71. The molecule has 2 heterocycles. The van der Waals surface area contributed by atoms with E-state index >= 15 is 0 Å². The first-order valence-corrected chi connectivity index (χ1v) is 10.1. The molecular formula is C21H21ClN2O4S. The van der Waals surface area contributed by atoms with Gasteiger partial charge in [-0.15, -0.1) is 0 Å². The smallest absolute Gasteiger partial charge is 0.317 e. The van der Waals surface area contributed by atoms with Gasteiger partial charge in [0.1, 0.15) is 5.92 Å². The van der Waals surface area contributed by atoms with Gasteiger partial charge in [-0.25, -0.2) is 0 Å².